The average Bonchev–Trinajstić information content (AvgIpc) is 2.90. The second-order valence-corrected chi connectivity index (χ2v) is 4.59. The van der Waals surface area contributed by atoms with E-state index in [9.17, 15) is 9.18 Å². The van der Waals surface area contributed by atoms with Crippen LogP contribution in [0.25, 0.3) is 10.9 Å². The quantitative estimate of drug-likeness (QED) is 0.757. The Hall–Kier alpha value is -2.62. The Labute approximate surface area is 115 Å². The largest absolute Gasteiger partial charge is 0.351 e. The van der Waals surface area contributed by atoms with E-state index >= 15 is 0 Å². The first-order chi connectivity index (χ1) is 9.66. The number of carbonyl (C=O) groups is 1. The Morgan fingerprint density at radius 2 is 1.80 bits per heavy atom. The molecule has 0 fully saturated rings. The van der Waals surface area contributed by atoms with Gasteiger partial charge in [-0.1, -0.05) is 30.3 Å². The van der Waals surface area contributed by atoms with Crippen molar-refractivity contribution in [2.24, 2.45) is 0 Å². The van der Waals surface area contributed by atoms with Gasteiger partial charge in [-0.25, -0.2) is 4.39 Å². The van der Waals surface area contributed by atoms with Crippen LogP contribution >= 0.6 is 0 Å². The third kappa shape index (κ3) is 2.05. The number of para-hydroxylation sites is 2. The lowest BCUT2D eigenvalue weighted by molar-refractivity contribution is 0.0988. The van der Waals surface area contributed by atoms with Crippen LogP contribution < -0.4 is 4.90 Å². The molecule has 2 aromatic carbocycles. The van der Waals surface area contributed by atoms with Crippen molar-refractivity contribution in [2.75, 3.05) is 11.9 Å². The van der Waals surface area contributed by atoms with E-state index < -0.39 is 5.82 Å². The SMILES string of the molecule is CN(C(=O)c1cc2ccccc2[nH]1)c1ccccc1F. The number of anilines is 1. The molecular weight excluding hydrogens is 255 g/mol. The van der Waals surface area contributed by atoms with E-state index in [4.69, 9.17) is 0 Å². The number of H-pyrrole nitrogens is 1. The van der Waals surface area contributed by atoms with Crippen LogP contribution in [-0.2, 0) is 0 Å². The molecule has 0 unspecified atom stereocenters. The molecule has 0 atom stereocenters. The van der Waals surface area contributed by atoms with Gasteiger partial charge in [0.25, 0.3) is 5.91 Å². The van der Waals surface area contributed by atoms with Gasteiger partial charge in [0.2, 0.25) is 0 Å². The van der Waals surface area contributed by atoms with Crippen LogP contribution in [0.5, 0.6) is 0 Å². The first-order valence-corrected chi connectivity index (χ1v) is 6.27. The van der Waals surface area contributed by atoms with Gasteiger partial charge in [-0.2, -0.15) is 0 Å². The van der Waals surface area contributed by atoms with E-state index in [2.05, 4.69) is 4.98 Å². The summed E-state index contributed by atoms with van der Waals surface area (Å²) in [6.07, 6.45) is 0. The highest BCUT2D eigenvalue weighted by Gasteiger charge is 2.18. The molecule has 1 amide bonds. The second-order valence-electron chi connectivity index (χ2n) is 4.59. The normalized spacial score (nSPS) is 10.7. The molecule has 0 aliphatic carbocycles. The number of halogens is 1. The summed E-state index contributed by atoms with van der Waals surface area (Å²) in [5.41, 5.74) is 1.59. The summed E-state index contributed by atoms with van der Waals surface area (Å²) in [4.78, 5) is 16.8. The van der Waals surface area contributed by atoms with E-state index in [0.29, 0.717) is 5.69 Å². The van der Waals surface area contributed by atoms with Crippen molar-refractivity contribution in [3.8, 4) is 0 Å². The zero-order valence-electron chi connectivity index (χ0n) is 10.9. The van der Waals surface area contributed by atoms with Gasteiger partial charge in [0.05, 0.1) is 5.69 Å². The Morgan fingerprint density at radius 3 is 2.55 bits per heavy atom. The first-order valence-electron chi connectivity index (χ1n) is 6.27. The monoisotopic (exact) mass is 268 g/mol. The number of aromatic amines is 1. The van der Waals surface area contributed by atoms with E-state index in [0.717, 1.165) is 10.9 Å². The minimum absolute atomic E-state index is 0.260. The highest BCUT2D eigenvalue weighted by atomic mass is 19.1. The Kier molecular flexibility index (Phi) is 2.99. The number of amides is 1. The maximum atomic E-state index is 13.7. The molecular formula is C16H13FN2O. The summed E-state index contributed by atoms with van der Waals surface area (Å²) in [5, 5.41) is 0.956. The van der Waals surface area contributed by atoms with Gasteiger partial charge < -0.3 is 9.88 Å². The number of carbonyl (C=O) groups excluding carboxylic acids is 1. The van der Waals surface area contributed by atoms with Gasteiger partial charge in [-0.15, -0.1) is 0 Å². The molecule has 0 radical (unpaired) electrons. The number of fused-ring (bicyclic) bond motifs is 1. The first kappa shape index (κ1) is 12.4. The molecule has 0 saturated carbocycles. The van der Waals surface area contributed by atoms with Gasteiger partial charge >= 0.3 is 0 Å². The number of aromatic nitrogens is 1. The minimum atomic E-state index is -0.417. The molecule has 0 aliphatic heterocycles. The molecule has 0 saturated heterocycles. The van der Waals surface area contributed by atoms with Crippen molar-refractivity contribution < 1.29 is 9.18 Å². The third-order valence-corrected chi connectivity index (χ3v) is 3.28. The highest BCUT2D eigenvalue weighted by molar-refractivity contribution is 6.07. The topological polar surface area (TPSA) is 36.1 Å². The van der Waals surface area contributed by atoms with Crippen LogP contribution in [-0.4, -0.2) is 17.9 Å². The molecule has 0 bridgehead atoms. The molecule has 100 valence electrons. The zero-order chi connectivity index (χ0) is 14.1. The van der Waals surface area contributed by atoms with Crippen LogP contribution in [0.1, 0.15) is 10.5 Å². The minimum Gasteiger partial charge on any atom is -0.351 e. The van der Waals surface area contributed by atoms with Crippen LogP contribution in [0.3, 0.4) is 0 Å². The maximum absolute atomic E-state index is 13.7. The van der Waals surface area contributed by atoms with Crippen molar-refractivity contribution >= 4 is 22.5 Å². The fourth-order valence-corrected chi connectivity index (χ4v) is 2.20. The molecule has 20 heavy (non-hydrogen) atoms. The third-order valence-electron chi connectivity index (χ3n) is 3.28. The molecule has 1 N–H and O–H groups in total. The Bertz CT molecular complexity index is 746. The Morgan fingerprint density at radius 1 is 1.10 bits per heavy atom. The van der Waals surface area contributed by atoms with Gasteiger partial charge in [-0.05, 0) is 24.3 Å². The van der Waals surface area contributed by atoms with E-state index in [-0.39, 0.29) is 11.6 Å². The second kappa shape index (κ2) is 4.81. The summed E-state index contributed by atoms with van der Waals surface area (Å²) in [5.74, 6) is -0.689. The number of benzene rings is 2. The summed E-state index contributed by atoms with van der Waals surface area (Å²) >= 11 is 0. The molecule has 1 aromatic heterocycles. The molecule has 4 heteroatoms. The fourth-order valence-electron chi connectivity index (χ4n) is 2.20. The maximum Gasteiger partial charge on any atom is 0.274 e. The lowest BCUT2D eigenvalue weighted by Crippen LogP contribution is -2.27. The van der Waals surface area contributed by atoms with Gasteiger partial charge in [0.15, 0.2) is 0 Å². The van der Waals surface area contributed by atoms with Gasteiger partial charge in [-0.3, -0.25) is 4.79 Å². The van der Waals surface area contributed by atoms with E-state index in [1.807, 2.05) is 24.3 Å². The van der Waals surface area contributed by atoms with Crippen LogP contribution in [0.2, 0.25) is 0 Å². The summed E-state index contributed by atoms with van der Waals surface area (Å²) < 4.78 is 13.7. The Balaban J connectivity index is 1.98. The molecule has 1 heterocycles. The number of nitrogens with zero attached hydrogens (tertiary/aromatic N) is 1. The van der Waals surface area contributed by atoms with E-state index in [1.54, 1.807) is 31.3 Å². The molecule has 3 aromatic rings. The summed E-state index contributed by atoms with van der Waals surface area (Å²) in [6, 6.07) is 15.6. The smallest absolute Gasteiger partial charge is 0.274 e. The van der Waals surface area contributed by atoms with Gasteiger partial charge in [0, 0.05) is 18.0 Å². The summed E-state index contributed by atoms with van der Waals surface area (Å²) in [6.45, 7) is 0. The van der Waals surface area contributed by atoms with Crippen molar-refractivity contribution in [3.05, 3.63) is 66.1 Å². The highest BCUT2D eigenvalue weighted by Crippen LogP contribution is 2.21. The molecule has 0 spiro atoms. The zero-order valence-corrected chi connectivity index (χ0v) is 10.9. The van der Waals surface area contributed by atoms with Crippen LogP contribution in [0.4, 0.5) is 10.1 Å². The number of nitrogens with one attached hydrogen (secondary N) is 1. The van der Waals surface area contributed by atoms with Crippen LogP contribution in [0.15, 0.2) is 54.6 Å². The number of hydrogen-bond acceptors (Lipinski definition) is 1. The predicted octanol–water partition coefficient (Wildman–Crippen LogP) is 3.58. The lowest BCUT2D eigenvalue weighted by Gasteiger charge is -2.16. The number of hydrogen-bond donors (Lipinski definition) is 1. The van der Waals surface area contributed by atoms with Crippen molar-refractivity contribution in [2.45, 2.75) is 0 Å². The number of rotatable bonds is 2. The predicted molar refractivity (Wildman–Crippen MR) is 77.4 cm³/mol. The molecule has 0 aliphatic rings. The van der Waals surface area contributed by atoms with Crippen molar-refractivity contribution in [3.63, 3.8) is 0 Å². The van der Waals surface area contributed by atoms with E-state index in [1.165, 1.54) is 11.0 Å². The summed E-state index contributed by atoms with van der Waals surface area (Å²) in [7, 11) is 1.56. The van der Waals surface area contributed by atoms with Gasteiger partial charge in [0.1, 0.15) is 11.5 Å². The van der Waals surface area contributed by atoms with Crippen molar-refractivity contribution in [1.29, 1.82) is 0 Å². The van der Waals surface area contributed by atoms with Crippen molar-refractivity contribution in [1.82, 2.24) is 4.98 Å². The fraction of sp³-hybridized carbons (Fsp3) is 0.0625. The molecule has 3 nitrogen and oxygen atoms in total. The standard InChI is InChI=1S/C16H13FN2O/c1-19(15-9-5-3-7-12(15)17)16(20)14-10-11-6-2-4-8-13(11)18-14/h2-10,18H,1H3. The van der Waals surface area contributed by atoms with Crippen LogP contribution in [0, 0.1) is 5.82 Å². The lowest BCUT2D eigenvalue weighted by atomic mass is 10.2. The average molecular weight is 268 g/mol. The molecule has 3 rings (SSSR count).